The number of nitrogens with zero attached hydrogens (tertiary/aromatic N) is 3. The van der Waals surface area contributed by atoms with Crippen LogP contribution in [-0.4, -0.2) is 26.4 Å². The maximum atomic E-state index is 11.7. The van der Waals surface area contributed by atoms with E-state index in [2.05, 4.69) is 25.9 Å². The SMILES string of the molecule is CC(C)OC(=O)c1nc2c(Br)nccn2c1Cl. The van der Waals surface area contributed by atoms with Gasteiger partial charge < -0.3 is 4.74 Å². The molecule has 0 aliphatic heterocycles. The third kappa shape index (κ3) is 2.28. The smallest absolute Gasteiger partial charge is 0.360 e. The minimum atomic E-state index is -0.541. The number of fused-ring (bicyclic) bond motifs is 1. The number of rotatable bonds is 2. The molecule has 0 aromatic carbocycles. The van der Waals surface area contributed by atoms with Gasteiger partial charge >= 0.3 is 5.97 Å². The number of hydrogen-bond acceptors (Lipinski definition) is 4. The fourth-order valence-electron chi connectivity index (χ4n) is 1.32. The second-order valence-corrected chi connectivity index (χ2v) is 4.73. The van der Waals surface area contributed by atoms with Crippen molar-refractivity contribution in [3.8, 4) is 0 Å². The van der Waals surface area contributed by atoms with Gasteiger partial charge in [-0.3, -0.25) is 4.40 Å². The minimum Gasteiger partial charge on any atom is -0.458 e. The van der Waals surface area contributed by atoms with Crippen LogP contribution in [0.3, 0.4) is 0 Å². The first-order valence-electron chi connectivity index (χ1n) is 4.89. The van der Waals surface area contributed by atoms with Gasteiger partial charge in [0.25, 0.3) is 0 Å². The highest BCUT2D eigenvalue weighted by Crippen LogP contribution is 2.23. The van der Waals surface area contributed by atoms with Crippen LogP contribution in [0.5, 0.6) is 0 Å². The average molecular weight is 319 g/mol. The molecule has 0 N–H and O–H groups in total. The summed E-state index contributed by atoms with van der Waals surface area (Å²) in [6.45, 7) is 3.53. The number of carbonyl (C=O) groups excluding carboxylic acids is 1. The predicted octanol–water partition coefficient (Wildman–Crippen LogP) is 2.71. The molecule has 17 heavy (non-hydrogen) atoms. The minimum absolute atomic E-state index is 0.0917. The maximum Gasteiger partial charge on any atom is 0.360 e. The van der Waals surface area contributed by atoms with Gasteiger partial charge in [-0.15, -0.1) is 0 Å². The van der Waals surface area contributed by atoms with Gasteiger partial charge in [-0.25, -0.2) is 14.8 Å². The Morgan fingerprint density at radius 2 is 2.29 bits per heavy atom. The van der Waals surface area contributed by atoms with Crippen molar-refractivity contribution in [1.29, 1.82) is 0 Å². The van der Waals surface area contributed by atoms with Crippen molar-refractivity contribution in [3.05, 3.63) is 27.8 Å². The maximum absolute atomic E-state index is 11.7. The largest absolute Gasteiger partial charge is 0.458 e. The van der Waals surface area contributed by atoms with Gasteiger partial charge in [0.2, 0.25) is 0 Å². The van der Waals surface area contributed by atoms with Crippen LogP contribution in [0.1, 0.15) is 24.3 Å². The average Bonchev–Trinajstić information content (AvgIpc) is 2.57. The molecule has 0 atom stereocenters. The number of esters is 1. The molecule has 90 valence electrons. The molecule has 7 heteroatoms. The van der Waals surface area contributed by atoms with Gasteiger partial charge in [-0.05, 0) is 29.8 Å². The molecule has 0 spiro atoms. The van der Waals surface area contributed by atoms with Gasteiger partial charge in [0, 0.05) is 12.4 Å². The Morgan fingerprint density at radius 1 is 1.59 bits per heavy atom. The lowest BCUT2D eigenvalue weighted by Gasteiger charge is -2.05. The third-order valence-corrected chi connectivity index (χ3v) is 2.90. The molecule has 2 aromatic heterocycles. The van der Waals surface area contributed by atoms with E-state index < -0.39 is 5.97 Å². The summed E-state index contributed by atoms with van der Waals surface area (Å²) in [5, 5.41) is 0.216. The first kappa shape index (κ1) is 12.3. The van der Waals surface area contributed by atoms with Crippen molar-refractivity contribution in [2.75, 3.05) is 0 Å². The van der Waals surface area contributed by atoms with Crippen molar-refractivity contribution < 1.29 is 9.53 Å². The predicted molar refractivity (Wildman–Crippen MR) is 66.2 cm³/mol. The van der Waals surface area contributed by atoms with E-state index in [1.165, 1.54) is 0 Å². The molecule has 0 aliphatic rings. The summed E-state index contributed by atoms with van der Waals surface area (Å²) < 4.78 is 7.14. The van der Waals surface area contributed by atoms with Crippen LogP contribution in [0, 0.1) is 0 Å². The molecule has 5 nitrogen and oxygen atoms in total. The number of ether oxygens (including phenoxy) is 1. The molecule has 0 aliphatic carbocycles. The Kier molecular flexibility index (Phi) is 3.35. The summed E-state index contributed by atoms with van der Waals surface area (Å²) in [4.78, 5) is 19.9. The number of halogens is 2. The molecule has 0 unspecified atom stereocenters. The molecule has 0 bridgehead atoms. The number of imidazole rings is 1. The van der Waals surface area contributed by atoms with Crippen LogP contribution in [0.15, 0.2) is 17.0 Å². The van der Waals surface area contributed by atoms with Crippen molar-refractivity contribution in [3.63, 3.8) is 0 Å². The molecule has 2 aromatic rings. The van der Waals surface area contributed by atoms with E-state index in [0.717, 1.165) is 0 Å². The standard InChI is InChI=1S/C10H9BrClN3O2/c1-5(2)17-10(16)6-8(12)15-4-3-13-7(11)9(15)14-6/h3-5H,1-2H3. The summed E-state index contributed by atoms with van der Waals surface area (Å²) in [7, 11) is 0. The lowest BCUT2D eigenvalue weighted by Crippen LogP contribution is -2.12. The summed E-state index contributed by atoms with van der Waals surface area (Å²) in [6.07, 6.45) is 2.97. The topological polar surface area (TPSA) is 56.5 Å². The van der Waals surface area contributed by atoms with E-state index in [-0.39, 0.29) is 17.0 Å². The van der Waals surface area contributed by atoms with Gasteiger partial charge in [0.1, 0.15) is 9.76 Å². The highest BCUT2D eigenvalue weighted by Gasteiger charge is 2.21. The Bertz CT molecular complexity index is 582. The highest BCUT2D eigenvalue weighted by atomic mass is 79.9. The molecule has 0 saturated carbocycles. The molecule has 2 heterocycles. The molecule has 0 fully saturated rings. The van der Waals surface area contributed by atoms with E-state index in [0.29, 0.717) is 10.3 Å². The fraction of sp³-hybridized carbons (Fsp3) is 0.300. The Labute approximate surface area is 111 Å². The molecule has 2 rings (SSSR count). The lowest BCUT2D eigenvalue weighted by atomic mass is 10.4. The molecular weight excluding hydrogens is 309 g/mol. The van der Waals surface area contributed by atoms with Crippen LogP contribution < -0.4 is 0 Å². The zero-order valence-electron chi connectivity index (χ0n) is 9.15. The van der Waals surface area contributed by atoms with Gasteiger partial charge in [0.05, 0.1) is 6.10 Å². The quantitative estimate of drug-likeness (QED) is 0.799. The van der Waals surface area contributed by atoms with Crippen LogP contribution in [0.4, 0.5) is 0 Å². The third-order valence-electron chi connectivity index (χ3n) is 1.98. The summed E-state index contributed by atoms with van der Waals surface area (Å²) >= 11 is 9.30. The summed E-state index contributed by atoms with van der Waals surface area (Å²) in [5.41, 5.74) is 0.572. The molecule has 0 radical (unpaired) electrons. The fourth-order valence-corrected chi connectivity index (χ4v) is 1.97. The zero-order valence-corrected chi connectivity index (χ0v) is 11.5. The number of aromatic nitrogens is 3. The van der Waals surface area contributed by atoms with E-state index in [1.807, 2.05) is 0 Å². The van der Waals surface area contributed by atoms with Crippen molar-refractivity contribution in [2.24, 2.45) is 0 Å². The van der Waals surface area contributed by atoms with Crippen molar-refractivity contribution in [1.82, 2.24) is 14.4 Å². The van der Waals surface area contributed by atoms with Gasteiger partial charge in [0.15, 0.2) is 11.3 Å². The second-order valence-electron chi connectivity index (χ2n) is 3.62. The molecular formula is C10H9BrClN3O2. The summed E-state index contributed by atoms with van der Waals surface area (Å²) in [5.74, 6) is -0.541. The van der Waals surface area contributed by atoms with Crippen molar-refractivity contribution in [2.45, 2.75) is 20.0 Å². The highest BCUT2D eigenvalue weighted by molar-refractivity contribution is 9.10. The lowest BCUT2D eigenvalue weighted by molar-refractivity contribution is 0.0372. The van der Waals surface area contributed by atoms with Crippen LogP contribution in [0.2, 0.25) is 5.15 Å². The second kappa shape index (κ2) is 4.62. The van der Waals surface area contributed by atoms with E-state index in [9.17, 15) is 4.79 Å². The zero-order chi connectivity index (χ0) is 12.6. The molecule has 0 amide bonds. The van der Waals surface area contributed by atoms with Crippen LogP contribution in [0.25, 0.3) is 5.65 Å². The number of carbonyl (C=O) groups is 1. The first-order valence-corrected chi connectivity index (χ1v) is 6.07. The first-order chi connectivity index (χ1) is 8.00. The summed E-state index contributed by atoms with van der Waals surface area (Å²) in [6, 6.07) is 0. The Balaban J connectivity index is 2.52. The van der Waals surface area contributed by atoms with Gasteiger partial charge in [-0.2, -0.15) is 0 Å². The normalized spacial score (nSPS) is 11.1. The van der Waals surface area contributed by atoms with E-state index in [4.69, 9.17) is 16.3 Å². The monoisotopic (exact) mass is 317 g/mol. The van der Waals surface area contributed by atoms with Crippen LogP contribution >= 0.6 is 27.5 Å². The van der Waals surface area contributed by atoms with E-state index in [1.54, 1.807) is 30.6 Å². The molecule has 0 saturated heterocycles. The Morgan fingerprint density at radius 3 is 2.88 bits per heavy atom. The van der Waals surface area contributed by atoms with Crippen molar-refractivity contribution >= 4 is 39.1 Å². The van der Waals surface area contributed by atoms with Crippen LogP contribution in [-0.2, 0) is 4.74 Å². The van der Waals surface area contributed by atoms with E-state index >= 15 is 0 Å². The number of hydrogen-bond donors (Lipinski definition) is 0. The van der Waals surface area contributed by atoms with Gasteiger partial charge in [-0.1, -0.05) is 11.6 Å². The Hall–Kier alpha value is -1.14.